The molecule has 32 heavy (non-hydrogen) atoms. The zero-order valence-electron chi connectivity index (χ0n) is 17.9. The third kappa shape index (κ3) is 3.90. The highest BCUT2D eigenvalue weighted by atomic mass is 16.5. The Balaban J connectivity index is 1.62. The molecule has 0 spiro atoms. The summed E-state index contributed by atoms with van der Waals surface area (Å²) in [6, 6.07) is 28.2. The number of rotatable bonds is 6. The third-order valence-corrected chi connectivity index (χ3v) is 5.42. The van der Waals surface area contributed by atoms with Gasteiger partial charge in [-0.3, -0.25) is 4.57 Å². The predicted molar refractivity (Wildman–Crippen MR) is 127 cm³/mol. The zero-order chi connectivity index (χ0) is 21.9. The summed E-state index contributed by atoms with van der Waals surface area (Å²) >= 11 is 0. The zero-order valence-corrected chi connectivity index (χ0v) is 17.9. The van der Waals surface area contributed by atoms with Crippen molar-refractivity contribution in [3.8, 4) is 22.8 Å². The lowest BCUT2D eigenvalue weighted by molar-refractivity contribution is 0.415. The molecule has 1 N–H and O–H groups in total. The third-order valence-electron chi connectivity index (χ3n) is 5.42. The Hall–Kier alpha value is -4.19. The van der Waals surface area contributed by atoms with Gasteiger partial charge >= 0.3 is 0 Å². The van der Waals surface area contributed by atoms with Crippen molar-refractivity contribution >= 4 is 17.0 Å². The summed E-state index contributed by atoms with van der Waals surface area (Å²) in [5.74, 6) is 2.08. The summed E-state index contributed by atoms with van der Waals surface area (Å²) in [4.78, 5) is 14.2. The van der Waals surface area contributed by atoms with E-state index in [0.29, 0.717) is 5.95 Å². The van der Waals surface area contributed by atoms with Crippen LogP contribution in [0.2, 0.25) is 0 Å². The highest BCUT2D eigenvalue weighted by Crippen LogP contribution is 2.27. The molecule has 1 unspecified atom stereocenters. The second kappa shape index (κ2) is 8.51. The van der Waals surface area contributed by atoms with Crippen molar-refractivity contribution in [1.29, 1.82) is 0 Å². The van der Waals surface area contributed by atoms with Crippen LogP contribution in [0.4, 0.5) is 5.95 Å². The highest BCUT2D eigenvalue weighted by molar-refractivity contribution is 5.77. The number of aromatic nitrogens is 4. The van der Waals surface area contributed by atoms with Crippen LogP contribution in [0.1, 0.15) is 18.5 Å². The van der Waals surface area contributed by atoms with E-state index in [9.17, 15) is 0 Å². The first-order chi connectivity index (χ1) is 15.7. The standard InChI is InChI=1S/C26H23N5O/c1-18(19-9-4-3-5-10-19)28-26-29-23(20-11-8-12-21(15-20)32-2)16-25(30-26)31-17-27-22-13-6-7-14-24(22)31/h3-18H,1-2H3,(H,28,29,30). The van der Waals surface area contributed by atoms with Gasteiger partial charge < -0.3 is 10.1 Å². The average molecular weight is 422 g/mol. The number of benzene rings is 3. The average Bonchev–Trinajstić information content (AvgIpc) is 3.29. The molecule has 0 bridgehead atoms. The number of nitrogens with one attached hydrogen (secondary N) is 1. The molecule has 6 nitrogen and oxygen atoms in total. The second-order valence-electron chi connectivity index (χ2n) is 7.55. The Morgan fingerprint density at radius 2 is 1.69 bits per heavy atom. The van der Waals surface area contributed by atoms with Crippen LogP contribution in [-0.2, 0) is 0 Å². The van der Waals surface area contributed by atoms with Gasteiger partial charge in [0.2, 0.25) is 5.95 Å². The number of nitrogens with zero attached hydrogens (tertiary/aromatic N) is 4. The SMILES string of the molecule is COc1cccc(-c2cc(-n3cnc4ccccc43)nc(NC(C)c3ccccc3)n2)c1. The molecule has 0 radical (unpaired) electrons. The second-order valence-corrected chi connectivity index (χ2v) is 7.55. The lowest BCUT2D eigenvalue weighted by atomic mass is 10.1. The fourth-order valence-corrected chi connectivity index (χ4v) is 3.71. The lowest BCUT2D eigenvalue weighted by Gasteiger charge is -2.16. The number of imidazole rings is 1. The molecule has 2 aromatic heterocycles. The molecule has 3 aromatic carbocycles. The summed E-state index contributed by atoms with van der Waals surface area (Å²) in [7, 11) is 1.66. The molecule has 6 heteroatoms. The molecule has 5 aromatic rings. The van der Waals surface area contributed by atoms with Crippen LogP contribution < -0.4 is 10.1 Å². The van der Waals surface area contributed by atoms with Crippen molar-refractivity contribution in [1.82, 2.24) is 19.5 Å². The molecule has 0 aliphatic carbocycles. The smallest absolute Gasteiger partial charge is 0.225 e. The van der Waals surface area contributed by atoms with Crippen LogP contribution in [-0.4, -0.2) is 26.6 Å². The van der Waals surface area contributed by atoms with Crippen molar-refractivity contribution in [3.63, 3.8) is 0 Å². The first-order valence-electron chi connectivity index (χ1n) is 10.5. The van der Waals surface area contributed by atoms with Gasteiger partial charge in [0.05, 0.1) is 29.9 Å². The quantitative estimate of drug-likeness (QED) is 0.383. The number of methoxy groups -OCH3 is 1. The molecule has 0 aliphatic rings. The molecular formula is C26H23N5O. The summed E-state index contributed by atoms with van der Waals surface area (Å²) < 4.78 is 7.40. The first-order valence-corrected chi connectivity index (χ1v) is 10.5. The molecule has 5 rings (SSSR count). The minimum Gasteiger partial charge on any atom is -0.497 e. The predicted octanol–water partition coefficient (Wildman–Crippen LogP) is 5.66. The van der Waals surface area contributed by atoms with Crippen LogP contribution in [0.15, 0.2) is 91.3 Å². The van der Waals surface area contributed by atoms with Crippen LogP contribution in [0.3, 0.4) is 0 Å². The van der Waals surface area contributed by atoms with Gasteiger partial charge in [0.15, 0.2) is 0 Å². The molecule has 0 fully saturated rings. The van der Waals surface area contributed by atoms with E-state index in [1.807, 2.05) is 77.4 Å². The first kappa shape index (κ1) is 19.8. The van der Waals surface area contributed by atoms with Gasteiger partial charge in [0, 0.05) is 11.6 Å². The van der Waals surface area contributed by atoms with Gasteiger partial charge in [-0.2, -0.15) is 4.98 Å². The van der Waals surface area contributed by atoms with Gasteiger partial charge in [0.1, 0.15) is 17.9 Å². The molecule has 1 atom stereocenters. The molecule has 2 heterocycles. The minimum atomic E-state index is 0.0455. The number of fused-ring (bicyclic) bond motifs is 1. The van der Waals surface area contributed by atoms with E-state index in [4.69, 9.17) is 14.7 Å². The number of hydrogen-bond acceptors (Lipinski definition) is 5. The topological polar surface area (TPSA) is 64.9 Å². The van der Waals surface area contributed by atoms with Gasteiger partial charge in [-0.05, 0) is 36.8 Å². The van der Waals surface area contributed by atoms with Crippen LogP contribution >= 0.6 is 0 Å². The van der Waals surface area contributed by atoms with Crippen molar-refractivity contribution in [2.45, 2.75) is 13.0 Å². The Morgan fingerprint density at radius 1 is 0.875 bits per heavy atom. The Kier molecular flexibility index (Phi) is 5.25. The number of ether oxygens (including phenoxy) is 1. The fourth-order valence-electron chi connectivity index (χ4n) is 3.71. The maximum absolute atomic E-state index is 5.41. The van der Waals surface area contributed by atoms with Crippen LogP contribution in [0.25, 0.3) is 28.1 Å². The highest BCUT2D eigenvalue weighted by Gasteiger charge is 2.14. The van der Waals surface area contributed by atoms with E-state index in [1.54, 1.807) is 13.4 Å². The minimum absolute atomic E-state index is 0.0455. The van der Waals surface area contributed by atoms with Gasteiger partial charge in [0.25, 0.3) is 0 Å². The fraction of sp³-hybridized carbons (Fsp3) is 0.115. The van der Waals surface area contributed by atoms with E-state index in [1.165, 1.54) is 0 Å². The van der Waals surface area contributed by atoms with Gasteiger partial charge in [-0.15, -0.1) is 0 Å². The maximum atomic E-state index is 5.41. The molecule has 0 saturated carbocycles. The summed E-state index contributed by atoms with van der Waals surface area (Å²) in [5.41, 5.74) is 4.82. The normalized spacial score (nSPS) is 11.9. The Bertz CT molecular complexity index is 1360. The Morgan fingerprint density at radius 3 is 2.53 bits per heavy atom. The summed E-state index contributed by atoms with van der Waals surface area (Å²) in [6.45, 7) is 2.10. The Labute approximate surface area is 186 Å². The maximum Gasteiger partial charge on any atom is 0.225 e. The van der Waals surface area contributed by atoms with E-state index >= 15 is 0 Å². The molecule has 0 saturated heterocycles. The van der Waals surface area contributed by atoms with E-state index in [-0.39, 0.29) is 6.04 Å². The van der Waals surface area contributed by atoms with Crippen molar-refractivity contribution < 1.29 is 4.74 Å². The number of para-hydroxylation sites is 2. The summed E-state index contributed by atoms with van der Waals surface area (Å²) in [6.07, 6.45) is 1.80. The van der Waals surface area contributed by atoms with E-state index in [2.05, 4.69) is 29.4 Å². The molecule has 0 aliphatic heterocycles. The van der Waals surface area contributed by atoms with Crippen molar-refractivity contribution in [2.75, 3.05) is 12.4 Å². The number of anilines is 1. The molecule has 158 valence electrons. The van der Waals surface area contributed by atoms with Crippen LogP contribution in [0, 0.1) is 0 Å². The lowest BCUT2D eigenvalue weighted by Crippen LogP contribution is -2.11. The molecule has 0 amide bonds. The van der Waals surface area contributed by atoms with Crippen molar-refractivity contribution in [3.05, 3.63) is 96.8 Å². The van der Waals surface area contributed by atoms with Gasteiger partial charge in [-0.1, -0.05) is 54.6 Å². The molecular weight excluding hydrogens is 398 g/mol. The van der Waals surface area contributed by atoms with E-state index < -0.39 is 0 Å². The monoisotopic (exact) mass is 421 g/mol. The van der Waals surface area contributed by atoms with Crippen LogP contribution in [0.5, 0.6) is 5.75 Å². The summed E-state index contributed by atoms with van der Waals surface area (Å²) in [5, 5.41) is 3.46. The van der Waals surface area contributed by atoms with Crippen molar-refractivity contribution in [2.24, 2.45) is 0 Å². The van der Waals surface area contributed by atoms with E-state index in [0.717, 1.165) is 39.4 Å². The number of hydrogen-bond donors (Lipinski definition) is 1. The van der Waals surface area contributed by atoms with Gasteiger partial charge in [-0.25, -0.2) is 9.97 Å². The largest absolute Gasteiger partial charge is 0.497 e.